The molecule has 0 aliphatic heterocycles. The van der Waals surface area contributed by atoms with Gasteiger partial charge in [0.05, 0.1) is 9.92 Å². The Hall–Kier alpha value is -0.100. The van der Waals surface area contributed by atoms with Gasteiger partial charge in [0, 0.05) is 10.5 Å². The normalized spacial score (nSPS) is 18.6. The topological polar surface area (TPSA) is 46.2 Å². The predicted molar refractivity (Wildman–Crippen MR) is 90.1 cm³/mol. The van der Waals surface area contributed by atoms with E-state index in [1.165, 1.54) is 19.3 Å². The molecule has 0 saturated heterocycles. The van der Waals surface area contributed by atoms with E-state index in [-0.39, 0.29) is 10.9 Å². The number of sulfonamides is 1. The summed E-state index contributed by atoms with van der Waals surface area (Å²) in [6, 6.07) is 4.72. The van der Waals surface area contributed by atoms with Crippen molar-refractivity contribution in [1.29, 1.82) is 0 Å². The van der Waals surface area contributed by atoms with Crippen LogP contribution >= 0.6 is 27.5 Å². The molecule has 3 nitrogen and oxygen atoms in total. The summed E-state index contributed by atoms with van der Waals surface area (Å²) in [5, 5.41) is 0.508. The molecule has 0 heterocycles. The lowest BCUT2D eigenvalue weighted by Gasteiger charge is -2.30. The summed E-state index contributed by atoms with van der Waals surface area (Å²) in [6.45, 7) is 2.04. The van der Waals surface area contributed by atoms with Crippen molar-refractivity contribution in [2.45, 2.75) is 56.4 Å². The molecule has 1 aliphatic rings. The van der Waals surface area contributed by atoms with Crippen LogP contribution in [0.15, 0.2) is 27.6 Å². The average Bonchev–Trinajstić information content (AvgIpc) is 2.48. The van der Waals surface area contributed by atoms with E-state index in [1.807, 2.05) is 6.92 Å². The molecule has 0 spiro atoms. The van der Waals surface area contributed by atoms with Gasteiger partial charge in [-0.2, -0.15) is 0 Å². The minimum atomic E-state index is -3.50. The van der Waals surface area contributed by atoms with E-state index in [9.17, 15) is 8.42 Å². The van der Waals surface area contributed by atoms with Gasteiger partial charge < -0.3 is 0 Å². The van der Waals surface area contributed by atoms with E-state index >= 15 is 0 Å². The zero-order chi connectivity index (χ0) is 15.5. The summed E-state index contributed by atoms with van der Waals surface area (Å²) < 4.78 is 28.5. The van der Waals surface area contributed by atoms with Crippen LogP contribution in [0.4, 0.5) is 0 Å². The first-order valence-electron chi connectivity index (χ1n) is 7.41. The van der Waals surface area contributed by atoms with Crippen LogP contribution in [0.25, 0.3) is 0 Å². The Balaban J connectivity index is 2.16. The quantitative estimate of drug-likeness (QED) is 0.784. The number of hydrogen-bond acceptors (Lipinski definition) is 2. The zero-order valence-electron chi connectivity index (χ0n) is 12.1. The van der Waals surface area contributed by atoms with Crippen LogP contribution in [0.3, 0.4) is 0 Å². The first-order chi connectivity index (χ1) is 9.94. The second-order valence-corrected chi connectivity index (χ2v) is 8.59. The van der Waals surface area contributed by atoms with Gasteiger partial charge in [-0.05, 0) is 59.3 Å². The molecule has 0 radical (unpaired) electrons. The SMILES string of the molecule is CCC(NS(=O)(=O)c1ccc(Cl)c(Br)c1)C1CCCCC1. The van der Waals surface area contributed by atoms with Crippen molar-refractivity contribution in [2.24, 2.45) is 5.92 Å². The molecule has 0 aromatic heterocycles. The largest absolute Gasteiger partial charge is 0.240 e. The maximum Gasteiger partial charge on any atom is 0.240 e. The van der Waals surface area contributed by atoms with Crippen LogP contribution in [0.1, 0.15) is 45.4 Å². The lowest BCUT2D eigenvalue weighted by atomic mass is 9.83. The van der Waals surface area contributed by atoms with Crippen molar-refractivity contribution in [3.05, 3.63) is 27.7 Å². The van der Waals surface area contributed by atoms with E-state index in [0.717, 1.165) is 19.3 Å². The van der Waals surface area contributed by atoms with Crippen molar-refractivity contribution < 1.29 is 8.42 Å². The third-order valence-corrected chi connectivity index (χ3v) is 6.87. The Bertz CT molecular complexity index is 585. The fourth-order valence-corrected chi connectivity index (χ4v) is 5.02. The molecule has 1 aromatic carbocycles. The number of rotatable bonds is 5. The number of nitrogens with one attached hydrogen (secondary N) is 1. The van der Waals surface area contributed by atoms with Gasteiger partial charge in [0.1, 0.15) is 0 Å². The molecule has 1 N–H and O–H groups in total. The summed E-state index contributed by atoms with van der Waals surface area (Å²) in [6.07, 6.45) is 6.73. The van der Waals surface area contributed by atoms with Gasteiger partial charge in [-0.1, -0.05) is 37.8 Å². The van der Waals surface area contributed by atoms with Crippen LogP contribution in [-0.2, 0) is 10.0 Å². The third-order valence-electron chi connectivity index (χ3n) is 4.17. The van der Waals surface area contributed by atoms with Gasteiger partial charge in [0.2, 0.25) is 10.0 Å². The summed E-state index contributed by atoms with van der Waals surface area (Å²) >= 11 is 9.20. The average molecular weight is 395 g/mol. The lowest BCUT2D eigenvalue weighted by Crippen LogP contribution is -2.40. The third kappa shape index (κ3) is 4.44. The highest BCUT2D eigenvalue weighted by Gasteiger charge is 2.27. The molecular formula is C15H21BrClNO2S. The van der Waals surface area contributed by atoms with Crippen LogP contribution in [0.5, 0.6) is 0 Å². The van der Waals surface area contributed by atoms with Crippen molar-refractivity contribution in [2.75, 3.05) is 0 Å². The monoisotopic (exact) mass is 393 g/mol. The fraction of sp³-hybridized carbons (Fsp3) is 0.600. The smallest absolute Gasteiger partial charge is 0.208 e. The maximum absolute atomic E-state index is 12.5. The molecule has 21 heavy (non-hydrogen) atoms. The van der Waals surface area contributed by atoms with Gasteiger partial charge in [-0.3, -0.25) is 0 Å². The number of halogens is 2. The predicted octanol–water partition coefficient (Wildman–Crippen LogP) is 4.74. The maximum atomic E-state index is 12.5. The highest BCUT2D eigenvalue weighted by Crippen LogP contribution is 2.29. The molecule has 2 rings (SSSR count). The van der Waals surface area contributed by atoms with Crippen LogP contribution in [-0.4, -0.2) is 14.5 Å². The Morgan fingerprint density at radius 1 is 1.33 bits per heavy atom. The molecule has 0 amide bonds. The molecule has 1 unspecified atom stereocenters. The van der Waals surface area contributed by atoms with Gasteiger partial charge in [-0.25, -0.2) is 13.1 Å². The van der Waals surface area contributed by atoms with E-state index in [2.05, 4.69) is 20.7 Å². The fourth-order valence-electron chi connectivity index (χ4n) is 2.96. The molecule has 1 saturated carbocycles. The summed E-state index contributed by atoms with van der Waals surface area (Å²) in [5.74, 6) is 0.453. The summed E-state index contributed by atoms with van der Waals surface area (Å²) in [4.78, 5) is 0.257. The van der Waals surface area contributed by atoms with Crippen LogP contribution < -0.4 is 4.72 Å². The minimum Gasteiger partial charge on any atom is -0.208 e. The van der Waals surface area contributed by atoms with Gasteiger partial charge in [0.25, 0.3) is 0 Å². The van der Waals surface area contributed by atoms with E-state index in [1.54, 1.807) is 18.2 Å². The Morgan fingerprint density at radius 3 is 2.57 bits per heavy atom. The van der Waals surface area contributed by atoms with Gasteiger partial charge in [0.15, 0.2) is 0 Å². The van der Waals surface area contributed by atoms with Crippen molar-refractivity contribution in [1.82, 2.24) is 4.72 Å². The van der Waals surface area contributed by atoms with Crippen molar-refractivity contribution >= 4 is 37.6 Å². The van der Waals surface area contributed by atoms with E-state index < -0.39 is 10.0 Å². The molecule has 1 fully saturated rings. The number of benzene rings is 1. The second kappa shape index (κ2) is 7.44. The molecule has 118 valence electrons. The number of hydrogen-bond donors (Lipinski definition) is 1. The molecular weight excluding hydrogens is 374 g/mol. The van der Waals surface area contributed by atoms with Gasteiger partial charge >= 0.3 is 0 Å². The van der Waals surface area contributed by atoms with Crippen molar-refractivity contribution in [3.8, 4) is 0 Å². The van der Waals surface area contributed by atoms with E-state index in [0.29, 0.717) is 15.4 Å². The minimum absolute atomic E-state index is 0.0183. The van der Waals surface area contributed by atoms with E-state index in [4.69, 9.17) is 11.6 Å². The summed E-state index contributed by atoms with van der Waals surface area (Å²) in [5.41, 5.74) is 0. The highest BCUT2D eigenvalue weighted by atomic mass is 79.9. The highest BCUT2D eigenvalue weighted by molar-refractivity contribution is 9.10. The second-order valence-electron chi connectivity index (χ2n) is 5.61. The first kappa shape index (κ1) is 17.3. The standard InChI is InChI=1S/C15H21BrClNO2S/c1-2-15(11-6-4-3-5-7-11)18-21(19,20)12-8-9-14(17)13(16)10-12/h8-11,15,18H,2-7H2,1H3. The zero-order valence-corrected chi connectivity index (χ0v) is 15.3. The van der Waals surface area contributed by atoms with Crippen molar-refractivity contribution in [3.63, 3.8) is 0 Å². The molecule has 6 heteroatoms. The first-order valence-corrected chi connectivity index (χ1v) is 10.1. The Morgan fingerprint density at radius 2 is 2.00 bits per heavy atom. The molecule has 0 bridgehead atoms. The van der Waals surface area contributed by atoms with Crippen LogP contribution in [0.2, 0.25) is 5.02 Å². The van der Waals surface area contributed by atoms with Crippen LogP contribution in [0, 0.1) is 5.92 Å². The Kier molecular flexibility index (Phi) is 6.12. The van der Waals surface area contributed by atoms with Gasteiger partial charge in [-0.15, -0.1) is 0 Å². The molecule has 1 aromatic rings. The summed E-state index contributed by atoms with van der Waals surface area (Å²) in [7, 11) is -3.50. The lowest BCUT2D eigenvalue weighted by molar-refractivity contribution is 0.285. The molecule has 1 aliphatic carbocycles. The molecule has 1 atom stereocenters. The Labute approximate surface area is 140 Å².